The minimum atomic E-state index is -1.79. The van der Waals surface area contributed by atoms with E-state index >= 15 is 0 Å². The van der Waals surface area contributed by atoms with E-state index in [9.17, 15) is 18.9 Å². The van der Waals surface area contributed by atoms with E-state index in [1.165, 1.54) is 13.2 Å². The monoisotopic (exact) mass is 445 g/mol. The van der Waals surface area contributed by atoms with Gasteiger partial charge in [0.25, 0.3) is 0 Å². The van der Waals surface area contributed by atoms with E-state index in [-0.39, 0.29) is 17.1 Å². The predicted molar refractivity (Wildman–Crippen MR) is 111 cm³/mol. The Morgan fingerprint density at radius 1 is 1.19 bits per heavy atom. The Balaban J connectivity index is 1.78. The number of phenols is 1. The van der Waals surface area contributed by atoms with Crippen LogP contribution in [0.4, 0.5) is 4.79 Å². The third kappa shape index (κ3) is 3.74. The highest BCUT2D eigenvalue weighted by Gasteiger charge is 2.53. The zero-order valence-electron chi connectivity index (χ0n) is 17.6. The molecule has 2 aliphatic heterocycles. The van der Waals surface area contributed by atoms with E-state index in [2.05, 4.69) is 0 Å². The molecular weight excluding hydrogens is 422 g/mol. The van der Waals surface area contributed by atoms with Crippen molar-refractivity contribution in [3.8, 4) is 17.2 Å². The number of amides is 2. The molecule has 2 aliphatic rings. The fraction of sp³-hybridized carbons (Fsp3) is 0.364. The van der Waals surface area contributed by atoms with Gasteiger partial charge in [-0.2, -0.15) is 0 Å². The molecule has 164 valence electrons. The van der Waals surface area contributed by atoms with Crippen LogP contribution >= 0.6 is 0 Å². The second kappa shape index (κ2) is 7.56. The molecule has 2 aromatic rings. The Labute approximate surface area is 182 Å². The number of methoxy groups -OCH3 is 1. The summed E-state index contributed by atoms with van der Waals surface area (Å²) in [6, 6.07) is 8.71. The molecule has 0 spiro atoms. The van der Waals surface area contributed by atoms with Gasteiger partial charge in [0, 0.05) is 10.5 Å². The van der Waals surface area contributed by atoms with Crippen molar-refractivity contribution in [3.63, 3.8) is 0 Å². The van der Waals surface area contributed by atoms with Crippen LogP contribution < -0.4 is 9.47 Å². The summed E-state index contributed by atoms with van der Waals surface area (Å²) in [6.45, 7) is 5.12. The van der Waals surface area contributed by atoms with Crippen molar-refractivity contribution in [2.24, 2.45) is 0 Å². The third-order valence-electron chi connectivity index (χ3n) is 5.03. The van der Waals surface area contributed by atoms with Crippen LogP contribution in [0.15, 0.2) is 46.2 Å². The quantitative estimate of drug-likeness (QED) is 0.771. The maximum atomic E-state index is 13.4. The number of ether oxygens (including phenoxy) is 3. The van der Waals surface area contributed by atoms with Crippen molar-refractivity contribution in [2.45, 2.75) is 54.7 Å². The molecule has 2 aromatic carbocycles. The van der Waals surface area contributed by atoms with E-state index in [1.54, 1.807) is 51.1 Å². The van der Waals surface area contributed by atoms with Crippen molar-refractivity contribution in [1.82, 2.24) is 4.90 Å². The molecular formula is C22H23NO7S. The maximum Gasteiger partial charge on any atom is 0.417 e. The van der Waals surface area contributed by atoms with Gasteiger partial charge in [0.2, 0.25) is 5.91 Å². The van der Waals surface area contributed by atoms with Crippen molar-refractivity contribution in [1.29, 1.82) is 0 Å². The van der Waals surface area contributed by atoms with Gasteiger partial charge in [0.05, 0.1) is 29.2 Å². The molecule has 1 fully saturated rings. The zero-order valence-corrected chi connectivity index (χ0v) is 18.4. The highest BCUT2D eigenvalue weighted by atomic mass is 32.2. The van der Waals surface area contributed by atoms with E-state index in [1.807, 2.05) is 0 Å². The molecule has 0 aromatic heterocycles. The summed E-state index contributed by atoms with van der Waals surface area (Å²) in [5.74, 6) is 0.329. The highest BCUT2D eigenvalue weighted by molar-refractivity contribution is 7.85. The van der Waals surface area contributed by atoms with Gasteiger partial charge in [-0.05, 0) is 57.2 Å². The number of nitrogens with zero attached hydrogens (tertiary/aromatic N) is 1. The number of hydrogen-bond acceptors (Lipinski definition) is 7. The van der Waals surface area contributed by atoms with Crippen molar-refractivity contribution in [3.05, 3.63) is 42.0 Å². The van der Waals surface area contributed by atoms with Gasteiger partial charge >= 0.3 is 6.09 Å². The Kier molecular flexibility index (Phi) is 5.17. The summed E-state index contributed by atoms with van der Waals surface area (Å²) in [5.41, 5.74) is -0.443. The topological polar surface area (TPSA) is 102 Å². The molecule has 0 saturated carbocycles. The van der Waals surface area contributed by atoms with Gasteiger partial charge in [-0.3, -0.25) is 4.79 Å². The lowest BCUT2D eigenvalue weighted by atomic mass is 10.0. The maximum absolute atomic E-state index is 13.4. The van der Waals surface area contributed by atoms with Crippen molar-refractivity contribution in [2.75, 3.05) is 7.11 Å². The number of imide groups is 1. The van der Waals surface area contributed by atoms with Crippen LogP contribution in [0.2, 0.25) is 0 Å². The lowest BCUT2D eigenvalue weighted by molar-refractivity contribution is -0.128. The number of phenolic OH excluding ortho intramolecular Hbond substituents is 1. The normalized spacial score (nSPS) is 20.6. The molecule has 31 heavy (non-hydrogen) atoms. The molecule has 8 nitrogen and oxygen atoms in total. The lowest BCUT2D eigenvalue weighted by Crippen LogP contribution is -2.39. The Morgan fingerprint density at radius 3 is 2.48 bits per heavy atom. The highest BCUT2D eigenvalue weighted by Crippen LogP contribution is 2.51. The summed E-state index contributed by atoms with van der Waals surface area (Å²) < 4.78 is 29.9. The first-order chi connectivity index (χ1) is 14.6. The van der Waals surface area contributed by atoms with Crippen molar-refractivity contribution < 1.29 is 33.1 Å². The number of carbonyl (C=O) groups is 2. The average Bonchev–Trinajstić information content (AvgIpc) is 3.20. The Morgan fingerprint density at radius 2 is 1.87 bits per heavy atom. The first kappa shape index (κ1) is 21.2. The molecule has 0 radical (unpaired) electrons. The summed E-state index contributed by atoms with van der Waals surface area (Å²) in [7, 11) is -0.264. The number of likely N-dealkylation sites (tertiary alicyclic amines) is 1. The smallest absolute Gasteiger partial charge is 0.417 e. The molecule has 1 saturated heterocycles. The fourth-order valence-electron chi connectivity index (χ4n) is 3.78. The third-order valence-corrected chi connectivity index (χ3v) is 6.53. The summed E-state index contributed by atoms with van der Waals surface area (Å²) in [6.07, 6.45) is -1.46. The van der Waals surface area contributed by atoms with Gasteiger partial charge in [0.1, 0.15) is 35.0 Å². The SMILES string of the molecule is COc1ccc([S@@](=O)c2c(O)ccc3c2[C@H]2[C@H](CC(=O)N2C(=O)OC(C)(C)C)O3)cc1. The van der Waals surface area contributed by atoms with Crippen LogP contribution in [-0.2, 0) is 20.3 Å². The zero-order chi connectivity index (χ0) is 22.5. The van der Waals surface area contributed by atoms with Crippen LogP contribution in [0.5, 0.6) is 17.2 Å². The number of hydrogen-bond donors (Lipinski definition) is 1. The number of aromatic hydroxyl groups is 1. The van der Waals surface area contributed by atoms with E-state index in [0.29, 0.717) is 22.0 Å². The molecule has 1 N–H and O–H groups in total. The molecule has 4 rings (SSSR count). The average molecular weight is 445 g/mol. The van der Waals surface area contributed by atoms with Gasteiger partial charge in [-0.1, -0.05) is 0 Å². The van der Waals surface area contributed by atoms with Gasteiger partial charge in [-0.25, -0.2) is 13.9 Å². The first-order valence-electron chi connectivity index (χ1n) is 9.74. The first-order valence-corrected chi connectivity index (χ1v) is 10.9. The minimum Gasteiger partial charge on any atom is -0.507 e. The number of fused-ring (bicyclic) bond motifs is 3. The second-order valence-corrected chi connectivity index (χ2v) is 9.74. The summed E-state index contributed by atoms with van der Waals surface area (Å²) in [5, 5.41) is 10.6. The van der Waals surface area contributed by atoms with Gasteiger partial charge in [0.15, 0.2) is 0 Å². The number of carbonyl (C=O) groups excluding carboxylic acids is 2. The van der Waals surface area contributed by atoms with Crippen LogP contribution in [0.1, 0.15) is 38.8 Å². The van der Waals surface area contributed by atoms with E-state index in [4.69, 9.17) is 14.2 Å². The number of benzene rings is 2. The van der Waals surface area contributed by atoms with Crippen LogP contribution in [0, 0.1) is 0 Å². The Bertz CT molecular complexity index is 1070. The van der Waals surface area contributed by atoms with E-state index in [0.717, 1.165) is 4.90 Å². The van der Waals surface area contributed by atoms with Gasteiger partial charge < -0.3 is 19.3 Å². The summed E-state index contributed by atoms with van der Waals surface area (Å²) >= 11 is 0. The lowest BCUT2D eigenvalue weighted by Gasteiger charge is -2.27. The predicted octanol–water partition coefficient (Wildman–Crippen LogP) is 3.54. The standard InChI is InChI=1S/C22H23NO7S/c1-22(2,3)30-21(26)23-17(25)11-16-19(23)18-15(29-16)10-9-14(24)20(18)31(27)13-7-5-12(28-4)6-8-13/h5-10,16,19,24H,11H2,1-4H3/t16-,19+,31+/m0/s1. The van der Waals surface area contributed by atoms with E-state index < -0.39 is 40.5 Å². The second-order valence-electron chi connectivity index (χ2n) is 8.32. The van der Waals surface area contributed by atoms with Crippen LogP contribution in [0.3, 0.4) is 0 Å². The molecule has 0 unspecified atom stereocenters. The molecule has 3 atom stereocenters. The van der Waals surface area contributed by atoms with Crippen LogP contribution in [0.25, 0.3) is 0 Å². The largest absolute Gasteiger partial charge is 0.507 e. The fourth-order valence-corrected chi connectivity index (χ4v) is 5.08. The number of rotatable bonds is 3. The van der Waals surface area contributed by atoms with Gasteiger partial charge in [-0.15, -0.1) is 0 Å². The van der Waals surface area contributed by atoms with Crippen molar-refractivity contribution >= 4 is 22.8 Å². The Hall–Kier alpha value is -3.07. The summed E-state index contributed by atoms with van der Waals surface area (Å²) in [4.78, 5) is 27.0. The minimum absolute atomic E-state index is 0.0199. The van der Waals surface area contributed by atoms with Crippen LogP contribution in [-0.4, -0.2) is 45.0 Å². The molecule has 9 heteroatoms. The molecule has 0 bridgehead atoms. The molecule has 2 amide bonds. The molecule has 2 heterocycles. The molecule has 0 aliphatic carbocycles.